The van der Waals surface area contributed by atoms with Crippen LogP contribution in [0.4, 0.5) is 0 Å². The van der Waals surface area contributed by atoms with Crippen molar-refractivity contribution >= 4 is 79.8 Å². The second-order valence-corrected chi connectivity index (χ2v) is 20.5. The predicted octanol–water partition coefficient (Wildman–Crippen LogP) is -0.747. The third-order valence-electron chi connectivity index (χ3n) is 12.1. The molecule has 24 heteroatoms. The van der Waals surface area contributed by atoms with E-state index >= 15 is 0 Å². The molecular formula is C50H66N10O12S2. The number of hydrogen-bond donors (Lipinski definition) is 14. The van der Waals surface area contributed by atoms with Crippen LogP contribution in [-0.4, -0.2) is 158 Å². The Bertz CT molecular complexity index is 2520. The van der Waals surface area contributed by atoms with E-state index in [0.717, 1.165) is 32.5 Å². The maximum Gasteiger partial charge on any atom is 0.326 e. The van der Waals surface area contributed by atoms with Crippen LogP contribution in [0.1, 0.15) is 49.9 Å². The van der Waals surface area contributed by atoms with E-state index < -0.39 is 108 Å². The third kappa shape index (κ3) is 17.5. The highest BCUT2D eigenvalue weighted by molar-refractivity contribution is 8.76. The Morgan fingerprint density at radius 3 is 1.85 bits per heavy atom. The highest BCUT2D eigenvalue weighted by Gasteiger charge is 2.37. The number of carbonyl (C=O) groups is 8. The number of benzene rings is 3. The van der Waals surface area contributed by atoms with Gasteiger partial charge in [0.05, 0.1) is 18.2 Å². The van der Waals surface area contributed by atoms with Gasteiger partial charge in [0.15, 0.2) is 0 Å². The summed E-state index contributed by atoms with van der Waals surface area (Å²) in [6.45, 7) is 2.72. The summed E-state index contributed by atoms with van der Waals surface area (Å²) >= 11 is 0. The summed E-state index contributed by atoms with van der Waals surface area (Å²) in [7, 11) is 3.52. The zero-order valence-corrected chi connectivity index (χ0v) is 42.8. The third-order valence-corrected chi connectivity index (χ3v) is 14.5. The quantitative estimate of drug-likeness (QED) is 0.0431. The minimum atomic E-state index is -1.76. The van der Waals surface area contributed by atoms with E-state index in [2.05, 4.69) is 47.5 Å². The number of unbranched alkanes of at least 4 members (excludes halogenated alkanes) is 1. The fourth-order valence-electron chi connectivity index (χ4n) is 7.93. The van der Waals surface area contributed by atoms with E-state index in [0.29, 0.717) is 29.7 Å². The Morgan fingerprint density at radius 1 is 0.703 bits per heavy atom. The summed E-state index contributed by atoms with van der Waals surface area (Å²) in [6.07, 6.45) is -2.60. The molecule has 0 spiro atoms. The SMILES string of the molecule is CNC(Cc1cc2ccccc2[nH]1)C(=O)NC1CSSCC(C(=O)NC(CCCCN)C(=O)O)NC(=O)C(Cc2ccc(O)cc2)NC(=O)C(C(C)O)NC(=O)C(Cc2ccccc2)NC(=O)C(C(C)O)NC1=O. The van der Waals surface area contributed by atoms with Gasteiger partial charge in [-0.3, -0.25) is 33.6 Å². The molecule has 2 heterocycles. The van der Waals surface area contributed by atoms with Crippen molar-refractivity contribution in [3.63, 3.8) is 0 Å². The molecule has 5 rings (SSSR count). The normalized spacial score (nSPS) is 22.3. The van der Waals surface area contributed by atoms with E-state index in [9.17, 15) is 58.8 Å². The number of fused-ring (bicyclic) bond motifs is 1. The topological polar surface area (TPSA) is 356 Å². The lowest BCUT2D eigenvalue weighted by molar-refractivity contribution is -0.142. The zero-order chi connectivity index (χ0) is 53.9. The average Bonchev–Trinajstić information content (AvgIpc) is 3.79. The van der Waals surface area contributed by atoms with Crippen molar-refractivity contribution in [2.24, 2.45) is 5.73 Å². The molecule has 1 aliphatic heterocycles. The van der Waals surface area contributed by atoms with Crippen molar-refractivity contribution in [3.05, 3.63) is 102 Å². The van der Waals surface area contributed by atoms with E-state index in [4.69, 9.17) is 5.73 Å². The number of phenolic OH excluding ortho intramolecular Hbond substituents is 1. The highest BCUT2D eigenvalue weighted by Crippen LogP contribution is 2.24. The van der Waals surface area contributed by atoms with Gasteiger partial charge in [-0.25, -0.2) is 4.79 Å². The number of nitrogens with two attached hydrogens (primary N) is 1. The Hall–Kier alpha value is -6.70. The first-order chi connectivity index (χ1) is 35.4. The molecule has 7 amide bonds. The summed E-state index contributed by atoms with van der Waals surface area (Å²) < 4.78 is 0. The lowest BCUT2D eigenvalue weighted by atomic mass is 10.0. The molecule has 4 aromatic rings. The molecule has 10 atom stereocenters. The molecule has 0 aliphatic carbocycles. The minimum Gasteiger partial charge on any atom is -0.508 e. The number of rotatable bonds is 18. The number of nitrogens with one attached hydrogen (secondary N) is 9. The first-order valence-corrected chi connectivity index (χ1v) is 26.6. The number of aromatic nitrogens is 1. The summed E-state index contributed by atoms with van der Waals surface area (Å²) in [5, 5.41) is 63.8. The van der Waals surface area contributed by atoms with Crippen molar-refractivity contribution in [1.82, 2.24) is 47.5 Å². The van der Waals surface area contributed by atoms with Gasteiger partial charge >= 0.3 is 5.97 Å². The first-order valence-electron chi connectivity index (χ1n) is 24.1. The number of phenols is 1. The first kappa shape index (κ1) is 58.2. The summed E-state index contributed by atoms with van der Waals surface area (Å²) in [4.78, 5) is 115. The van der Waals surface area contributed by atoms with Crippen LogP contribution in [0.3, 0.4) is 0 Å². The zero-order valence-electron chi connectivity index (χ0n) is 41.2. The Labute approximate surface area is 435 Å². The van der Waals surface area contributed by atoms with E-state index in [-0.39, 0.29) is 49.5 Å². The molecule has 1 aromatic heterocycles. The molecule has 15 N–H and O–H groups in total. The molecule has 0 radical (unpaired) electrons. The monoisotopic (exact) mass is 1060 g/mol. The number of H-pyrrole nitrogens is 1. The van der Waals surface area contributed by atoms with Crippen molar-refractivity contribution in [2.45, 2.75) is 113 Å². The number of amides is 7. The number of carboxylic acids is 1. The fourth-order valence-corrected chi connectivity index (χ4v) is 10.3. The van der Waals surface area contributed by atoms with E-state index in [1.54, 1.807) is 37.4 Å². The van der Waals surface area contributed by atoms with Crippen LogP contribution in [0.2, 0.25) is 0 Å². The molecule has 0 bridgehead atoms. The van der Waals surface area contributed by atoms with Gasteiger partial charge in [0.2, 0.25) is 41.4 Å². The van der Waals surface area contributed by atoms with Gasteiger partial charge < -0.3 is 73.7 Å². The number of aliphatic hydroxyl groups excluding tert-OH is 2. The van der Waals surface area contributed by atoms with Gasteiger partial charge in [-0.15, -0.1) is 0 Å². The maximum absolute atomic E-state index is 14.4. The van der Waals surface area contributed by atoms with Crippen LogP contribution < -0.4 is 48.3 Å². The van der Waals surface area contributed by atoms with Gasteiger partial charge in [0, 0.05) is 42.0 Å². The van der Waals surface area contributed by atoms with E-state index in [1.807, 2.05) is 30.3 Å². The van der Waals surface area contributed by atoms with Crippen LogP contribution in [-0.2, 0) is 57.6 Å². The largest absolute Gasteiger partial charge is 0.508 e. The molecular weight excluding hydrogens is 997 g/mol. The lowest BCUT2D eigenvalue weighted by Gasteiger charge is -2.30. The highest BCUT2D eigenvalue weighted by atomic mass is 33.1. The van der Waals surface area contributed by atoms with Crippen LogP contribution in [0.25, 0.3) is 10.9 Å². The molecule has 3 aromatic carbocycles. The fraction of sp³-hybridized carbons (Fsp3) is 0.440. The van der Waals surface area contributed by atoms with Crippen molar-refractivity contribution in [2.75, 3.05) is 25.1 Å². The standard InChI is InChI=1S/C50H66N10O12S2/c1-27(61)41-48(69)55-37(22-30-16-18-33(63)19-17-30)44(65)58-39(46(67)54-35(50(71)72)15-9-10-20-51)25-73-74-26-40(57-43(64)36(52-3)24-32-23-31-13-7-8-14-34(31)53-32)47(68)60-42(28(2)62)49(70)56-38(45(66)59-41)21-29-11-5-4-6-12-29/h4-8,11-14,16-19,23,27-28,35-42,52-53,61-63H,9-10,15,20-22,24-26,51H2,1-3H3,(H,54,67)(H,55,69)(H,56,70)(H,57,64)(H,58,65)(H,59,66)(H,60,68)(H,71,72). The summed E-state index contributed by atoms with van der Waals surface area (Å²) in [6, 6.07) is 11.9. The molecule has 0 saturated carbocycles. The summed E-state index contributed by atoms with van der Waals surface area (Å²) in [5.41, 5.74) is 8.16. The van der Waals surface area contributed by atoms with Crippen molar-refractivity contribution in [3.8, 4) is 5.75 Å². The second-order valence-electron chi connectivity index (χ2n) is 17.9. The Morgan fingerprint density at radius 2 is 1.27 bits per heavy atom. The van der Waals surface area contributed by atoms with Gasteiger partial charge in [-0.1, -0.05) is 82.3 Å². The Kier molecular flexibility index (Phi) is 22.5. The number of aromatic hydroxyl groups is 1. The lowest BCUT2D eigenvalue weighted by Crippen LogP contribution is -2.63. The predicted molar refractivity (Wildman–Crippen MR) is 279 cm³/mol. The number of hydrogen-bond acceptors (Lipinski definition) is 15. The molecule has 1 fully saturated rings. The number of carbonyl (C=O) groups excluding carboxylic acids is 7. The van der Waals surface area contributed by atoms with Crippen LogP contribution in [0.5, 0.6) is 5.75 Å². The number of para-hydroxylation sites is 1. The maximum atomic E-state index is 14.4. The van der Waals surface area contributed by atoms with Crippen LogP contribution in [0.15, 0.2) is 84.9 Å². The molecule has 10 unspecified atom stereocenters. The number of aliphatic hydroxyl groups is 2. The van der Waals surface area contributed by atoms with Gasteiger partial charge in [-0.05, 0) is 87.5 Å². The summed E-state index contributed by atoms with van der Waals surface area (Å²) in [5.74, 6) is -8.35. The minimum absolute atomic E-state index is 0.00881. The molecule has 1 aliphatic rings. The van der Waals surface area contributed by atoms with E-state index in [1.165, 1.54) is 38.1 Å². The molecule has 22 nitrogen and oxygen atoms in total. The number of aliphatic carboxylic acids is 1. The van der Waals surface area contributed by atoms with Crippen LogP contribution in [0, 0.1) is 0 Å². The smallest absolute Gasteiger partial charge is 0.326 e. The molecule has 1 saturated heterocycles. The van der Waals surface area contributed by atoms with Gasteiger partial charge in [0.25, 0.3) is 0 Å². The molecule has 400 valence electrons. The number of aromatic amines is 1. The number of likely N-dealkylation sites (N-methyl/N-ethyl adjacent to an activating group) is 1. The van der Waals surface area contributed by atoms with Crippen LogP contribution >= 0.6 is 21.6 Å². The van der Waals surface area contributed by atoms with Crippen molar-refractivity contribution in [1.29, 1.82) is 0 Å². The van der Waals surface area contributed by atoms with Crippen molar-refractivity contribution < 1.29 is 58.8 Å². The number of carboxylic acid groups (broad SMARTS) is 1. The molecule has 74 heavy (non-hydrogen) atoms. The van der Waals surface area contributed by atoms with Gasteiger partial charge in [-0.2, -0.15) is 0 Å². The average molecular weight is 1060 g/mol. The Balaban J connectivity index is 1.54. The van der Waals surface area contributed by atoms with Gasteiger partial charge in [0.1, 0.15) is 48.0 Å². The second kappa shape index (κ2) is 28.7.